The molecule has 0 aromatic heterocycles. The van der Waals surface area contributed by atoms with Crippen molar-refractivity contribution in [2.45, 2.75) is 141 Å². The Hall–Kier alpha value is -1.41. The standard InChI is InChI=1S/C40H59Br4N3O6/c1-4-5-6-13-17-28(2)18-14-11-9-7-8-10-12-15-19-34(48)45-22-20-29-24-30(41)36(31(42)25-29)52-23-16-21-46-39(50)33-27-40(53-47-33)26-32(43)37(51-3)35(44)38(40)49/h24-26,28,38,49H,4-23,27H2,1-3H3,(H,45,48)(H,46,50). The average Bonchev–Trinajstić information content (AvgIpc) is 3.55. The van der Waals surface area contributed by atoms with Crippen molar-refractivity contribution in [3.8, 4) is 5.75 Å². The molecule has 2 amide bonds. The van der Waals surface area contributed by atoms with Crippen LogP contribution < -0.4 is 15.4 Å². The van der Waals surface area contributed by atoms with E-state index in [9.17, 15) is 14.7 Å². The third-order valence-electron chi connectivity index (χ3n) is 9.79. The summed E-state index contributed by atoms with van der Waals surface area (Å²) >= 11 is 14.0. The summed E-state index contributed by atoms with van der Waals surface area (Å²) in [5.74, 6) is 1.77. The Kier molecular flexibility index (Phi) is 21.7. The molecule has 1 spiro atoms. The molecule has 9 nitrogen and oxygen atoms in total. The highest BCUT2D eigenvalue weighted by atomic mass is 79.9. The zero-order chi connectivity index (χ0) is 38.6. The van der Waals surface area contributed by atoms with Gasteiger partial charge in [-0.15, -0.1) is 0 Å². The average molecular weight is 998 g/mol. The Morgan fingerprint density at radius 1 is 0.925 bits per heavy atom. The quantitative estimate of drug-likeness (QED) is 0.0796. The number of halogens is 4. The molecular weight excluding hydrogens is 938 g/mol. The van der Waals surface area contributed by atoms with Crippen LogP contribution in [0.3, 0.4) is 0 Å². The summed E-state index contributed by atoms with van der Waals surface area (Å²) in [6.45, 7) is 6.03. The van der Waals surface area contributed by atoms with E-state index in [-0.39, 0.29) is 23.9 Å². The lowest BCUT2D eigenvalue weighted by atomic mass is 9.87. The number of hydrogen-bond donors (Lipinski definition) is 3. The summed E-state index contributed by atoms with van der Waals surface area (Å²) in [5, 5.41) is 20.7. The molecular formula is C40H59Br4N3O6. The number of hydrogen-bond acceptors (Lipinski definition) is 7. The summed E-state index contributed by atoms with van der Waals surface area (Å²) in [6.07, 6.45) is 20.8. The summed E-state index contributed by atoms with van der Waals surface area (Å²) in [6, 6.07) is 4.01. The molecule has 1 aromatic carbocycles. The van der Waals surface area contributed by atoms with Crippen molar-refractivity contribution in [3.63, 3.8) is 0 Å². The third kappa shape index (κ3) is 15.6. The summed E-state index contributed by atoms with van der Waals surface area (Å²) in [5.41, 5.74) is 0.0734. The fraction of sp³-hybridized carbons (Fsp3) is 0.675. The van der Waals surface area contributed by atoms with Crippen LogP contribution in [0.2, 0.25) is 0 Å². The van der Waals surface area contributed by atoms with E-state index in [0.717, 1.165) is 33.3 Å². The van der Waals surface area contributed by atoms with E-state index in [4.69, 9.17) is 14.3 Å². The Bertz CT molecular complexity index is 1400. The molecule has 1 aromatic rings. The molecule has 1 heterocycles. The van der Waals surface area contributed by atoms with Gasteiger partial charge in [0, 0.05) is 25.9 Å². The molecule has 0 radical (unpaired) electrons. The van der Waals surface area contributed by atoms with Crippen LogP contribution in [0.1, 0.15) is 129 Å². The lowest BCUT2D eigenvalue weighted by molar-refractivity contribution is -0.121. The minimum absolute atomic E-state index is 0.104. The molecule has 298 valence electrons. The van der Waals surface area contributed by atoms with E-state index in [1.165, 1.54) is 84.2 Å². The van der Waals surface area contributed by atoms with Gasteiger partial charge in [0.15, 0.2) is 5.60 Å². The first kappa shape index (κ1) is 46.0. The van der Waals surface area contributed by atoms with Gasteiger partial charge in [-0.3, -0.25) is 9.59 Å². The van der Waals surface area contributed by atoms with Crippen LogP contribution in [0.5, 0.6) is 5.75 Å². The first-order valence-electron chi connectivity index (χ1n) is 19.4. The maximum atomic E-state index is 12.8. The lowest BCUT2D eigenvalue weighted by Gasteiger charge is -2.33. The van der Waals surface area contributed by atoms with Gasteiger partial charge in [0.25, 0.3) is 5.91 Å². The van der Waals surface area contributed by atoms with E-state index in [0.29, 0.717) is 59.4 Å². The predicted octanol–water partition coefficient (Wildman–Crippen LogP) is 10.7. The molecule has 1 aliphatic carbocycles. The molecule has 0 saturated carbocycles. The van der Waals surface area contributed by atoms with Crippen LogP contribution in [0.15, 0.2) is 47.0 Å². The topological polar surface area (TPSA) is 118 Å². The first-order valence-corrected chi connectivity index (χ1v) is 22.6. The van der Waals surface area contributed by atoms with Crippen molar-refractivity contribution in [2.24, 2.45) is 11.1 Å². The summed E-state index contributed by atoms with van der Waals surface area (Å²) < 4.78 is 14.0. The van der Waals surface area contributed by atoms with Gasteiger partial charge in [-0.25, -0.2) is 0 Å². The van der Waals surface area contributed by atoms with E-state index < -0.39 is 11.7 Å². The molecule has 1 aliphatic heterocycles. The smallest absolute Gasteiger partial charge is 0.269 e. The van der Waals surface area contributed by atoms with Gasteiger partial charge in [-0.1, -0.05) is 102 Å². The van der Waals surface area contributed by atoms with Gasteiger partial charge in [0.2, 0.25) is 5.91 Å². The Morgan fingerprint density at radius 2 is 1.55 bits per heavy atom. The number of aliphatic hydroxyl groups excluding tert-OH is 1. The molecule has 3 unspecified atom stereocenters. The number of nitrogens with one attached hydrogen (secondary N) is 2. The van der Waals surface area contributed by atoms with Crippen molar-refractivity contribution in [2.75, 3.05) is 26.8 Å². The molecule has 0 fully saturated rings. The molecule has 53 heavy (non-hydrogen) atoms. The third-order valence-corrected chi connectivity index (χ3v) is 12.4. The van der Waals surface area contributed by atoms with Crippen molar-refractivity contribution >= 4 is 81.2 Å². The van der Waals surface area contributed by atoms with Gasteiger partial charge >= 0.3 is 0 Å². The van der Waals surface area contributed by atoms with E-state index in [2.05, 4.69) is 93.4 Å². The molecule has 2 aliphatic rings. The molecule has 3 rings (SSSR count). The second-order valence-electron chi connectivity index (χ2n) is 14.3. The minimum Gasteiger partial charge on any atom is -0.495 e. The number of methoxy groups -OCH3 is 1. The summed E-state index contributed by atoms with van der Waals surface area (Å²) in [4.78, 5) is 30.7. The van der Waals surface area contributed by atoms with Gasteiger partial charge in [-0.05, 0) is 113 Å². The first-order chi connectivity index (χ1) is 25.5. The predicted molar refractivity (Wildman–Crippen MR) is 228 cm³/mol. The van der Waals surface area contributed by atoms with Crippen LogP contribution >= 0.6 is 63.7 Å². The number of carbonyl (C=O) groups excluding carboxylic acids is 2. The van der Waals surface area contributed by atoms with E-state index in [1.807, 2.05) is 12.1 Å². The molecule has 0 bridgehead atoms. The van der Waals surface area contributed by atoms with Gasteiger partial charge in [0.05, 0.1) is 31.6 Å². The zero-order valence-electron chi connectivity index (χ0n) is 31.7. The van der Waals surface area contributed by atoms with E-state index >= 15 is 0 Å². The normalized spacial score (nSPS) is 18.8. The van der Waals surface area contributed by atoms with Gasteiger partial charge < -0.3 is 30.1 Å². The maximum Gasteiger partial charge on any atom is 0.269 e. The number of unbranched alkanes of at least 4 members (excludes halogenated alkanes) is 10. The fourth-order valence-electron chi connectivity index (χ4n) is 6.60. The number of benzene rings is 1. The Morgan fingerprint density at radius 3 is 2.19 bits per heavy atom. The van der Waals surface area contributed by atoms with Crippen molar-refractivity contribution < 1.29 is 29.0 Å². The number of rotatable bonds is 26. The highest BCUT2D eigenvalue weighted by Gasteiger charge is 2.50. The largest absolute Gasteiger partial charge is 0.495 e. The highest BCUT2D eigenvalue weighted by Crippen LogP contribution is 2.44. The zero-order valence-corrected chi connectivity index (χ0v) is 38.0. The molecule has 13 heteroatoms. The van der Waals surface area contributed by atoms with Gasteiger partial charge in [-0.2, -0.15) is 0 Å². The second kappa shape index (κ2) is 25.0. The van der Waals surface area contributed by atoms with Crippen molar-refractivity contribution in [3.05, 3.63) is 47.4 Å². The second-order valence-corrected chi connectivity index (χ2v) is 17.7. The van der Waals surface area contributed by atoms with Crippen LogP contribution in [0.4, 0.5) is 0 Å². The van der Waals surface area contributed by atoms with Crippen LogP contribution in [-0.2, 0) is 25.6 Å². The van der Waals surface area contributed by atoms with Crippen molar-refractivity contribution in [1.82, 2.24) is 10.6 Å². The van der Waals surface area contributed by atoms with Gasteiger partial charge in [0.1, 0.15) is 23.3 Å². The SMILES string of the molecule is CCCCCCC(C)CCCCCCCCCCC(=O)NCCc1cc(Br)c(OCCCNC(=O)C2=NOC3(C=C(Br)C(OC)=C(Br)C3O)C2)c(Br)c1. The number of ether oxygens (including phenoxy) is 2. The Labute approximate surface area is 350 Å². The summed E-state index contributed by atoms with van der Waals surface area (Å²) in [7, 11) is 1.50. The molecule has 3 N–H and O–H groups in total. The number of amides is 2. The fourth-order valence-corrected chi connectivity index (χ4v) is 9.90. The molecule has 0 saturated heterocycles. The maximum absolute atomic E-state index is 12.8. The van der Waals surface area contributed by atoms with Crippen LogP contribution in [-0.4, -0.2) is 61.1 Å². The lowest BCUT2D eigenvalue weighted by Crippen LogP contribution is -2.45. The highest BCUT2D eigenvalue weighted by molar-refractivity contribution is 9.12. The number of allylic oxidation sites excluding steroid dienone is 1. The number of aliphatic hydroxyl groups is 1. The van der Waals surface area contributed by atoms with Crippen LogP contribution in [0.25, 0.3) is 0 Å². The number of oxime groups is 1. The Balaban J connectivity index is 1.22. The molecule has 3 atom stereocenters. The van der Waals surface area contributed by atoms with Crippen molar-refractivity contribution in [1.29, 1.82) is 0 Å². The van der Waals surface area contributed by atoms with E-state index in [1.54, 1.807) is 6.08 Å². The van der Waals surface area contributed by atoms with Crippen LogP contribution in [0, 0.1) is 5.92 Å². The minimum atomic E-state index is -1.20. The number of nitrogens with zero attached hydrogens (tertiary/aromatic N) is 1. The monoisotopic (exact) mass is 993 g/mol. The number of carbonyl (C=O) groups is 2.